The van der Waals surface area contributed by atoms with E-state index >= 15 is 0 Å². The Balaban J connectivity index is 0.918. The van der Waals surface area contributed by atoms with E-state index in [0.29, 0.717) is 0 Å². The van der Waals surface area contributed by atoms with Crippen LogP contribution in [0.4, 0.5) is 68.2 Å². The van der Waals surface area contributed by atoms with Gasteiger partial charge in [0.1, 0.15) is 0 Å². The molecule has 2 aliphatic rings. The highest BCUT2D eigenvalue weighted by atomic mass is 15.2. The molecule has 0 atom stereocenters. The van der Waals surface area contributed by atoms with Crippen LogP contribution in [0.2, 0.25) is 0 Å². The van der Waals surface area contributed by atoms with E-state index in [1.807, 2.05) is 0 Å². The standard InChI is InChI=1S/C109H101BN4/c1-73(2)85-64-103-105-104(65-85)114(100-59-51-83(77-38-26-18-27-39-77)62-97(100)80-40-28-19-29-41-80)101-63-84(79-48-52-90(53-49-79)111(92-44-30-42-81(60-92)75-34-22-16-23-35-75)93-45-31-43-82(61-93)76-36-24-17-25-37-76)50-57-98(101)110(105)99-58-56-94(72-102(99)113(103)91-54-46-78(47-55-91)74-32-20-15-21-33-74)112(95-68-86(106(3,4)5)66-87(69-95)107(6,7)8)96-70-88(108(9,10)11)67-89(71-96)109(12,13)14/h15-73H,1-14H3. The Kier molecular flexibility index (Phi) is 19.3. The predicted molar refractivity (Wildman–Crippen MR) is 491 cm³/mol. The molecule has 0 bridgehead atoms. The van der Waals surface area contributed by atoms with Crippen molar-refractivity contribution in [2.24, 2.45) is 0 Å². The number of nitrogens with zero attached hydrogens (tertiary/aromatic N) is 4. The van der Waals surface area contributed by atoms with Gasteiger partial charge in [-0.05, 0) is 248 Å². The van der Waals surface area contributed by atoms with Crippen molar-refractivity contribution >= 4 is 91.3 Å². The maximum absolute atomic E-state index is 2.65. The van der Waals surface area contributed by atoms with Crippen LogP contribution < -0.4 is 36.0 Å². The summed E-state index contributed by atoms with van der Waals surface area (Å²) in [4.78, 5) is 10.3. The minimum Gasteiger partial charge on any atom is -0.311 e. The molecule has 0 spiro atoms. The second kappa shape index (κ2) is 29.6. The summed E-state index contributed by atoms with van der Waals surface area (Å²) in [7, 11) is 0. The van der Waals surface area contributed by atoms with Gasteiger partial charge in [0.15, 0.2) is 0 Å². The van der Waals surface area contributed by atoms with Crippen molar-refractivity contribution < 1.29 is 0 Å². The Morgan fingerprint density at radius 2 is 0.570 bits per heavy atom. The monoisotopic (exact) mass is 1480 g/mol. The van der Waals surface area contributed by atoms with Gasteiger partial charge >= 0.3 is 0 Å². The van der Waals surface area contributed by atoms with Gasteiger partial charge in [0.05, 0.1) is 5.69 Å². The van der Waals surface area contributed by atoms with Gasteiger partial charge in [-0.3, -0.25) is 0 Å². The third-order valence-corrected chi connectivity index (χ3v) is 23.4. The molecule has 0 aromatic heterocycles. The number of rotatable bonds is 15. The first kappa shape index (κ1) is 74.3. The fourth-order valence-corrected chi connectivity index (χ4v) is 16.8. The molecule has 114 heavy (non-hydrogen) atoms. The van der Waals surface area contributed by atoms with Gasteiger partial charge in [-0.2, -0.15) is 0 Å². The molecular weight excluding hydrogens is 1380 g/mol. The van der Waals surface area contributed by atoms with E-state index in [4.69, 9.17) is 0 Å². The third kappa shape index (κ3) is 14.5. The average Bonchev–Trinajstić information content (AvgIpc) is 0.691. The van der Waals surface area contributed by atoms with Crippen LogP contribution in [-0.2, 0) is 21.7 Å². The number of hydrogen-bond donors (Lipinski definition) is 0. The second-order valence-corrected chi connectivity index (χ2v) is 35.7. The van der Waals surface area contributed by atoms with E-state index in [2.05, 4.69) is 468 Å². The summed E-state index contributed by atoms with van der Waals surface area (Å²) in [6, 6.07) is 133. The topological polar surface area (TPSA) is 13.0 Å². The molecule has 0 N–H and O–H groups in total. The fourth-order valence-electron chi connectivity index (χ4n) is 16.8. The molecule has 2 aliphatic heterocycles. The second-order valence-electron chi connectivity index (χ2n) is 35.7. The van der Waals surface area contributed by atoms with E-state index in [0.717, 1.165) is 95.8 Å². The first-order chi connectivity index (χ1) is 54.9. The van der Waals surface area contributed by atoms with Crippen LogP contribution >= 0.6 is 0 Å². The molecule has 5 heteroatoms. The maximum Gasteiger partial charge on any atom is 0.252 e. The molecule has 0 saturated heterocycles. The van der Waals surface area contributed by atoms with Crippen molar-refractivity contribution in [2.75, 3.05) is 19.6 Å². The molecule has 0 saturated carbocycles. The Morgan fingerprint density at radius 1 is 0.237 bits per heavy atom. The van der Waals surface area contributed by atoms with Crippen molar-refractivity contribution in [3.05, 3.63) is 380 Å². The van der Waals surface area contributed by atoms with Crippen LogP contribution in [0, 0.1) is 0 Å². The van der Waals surface area contributed by atoms with Gasteiger partial charge in [-0.15, -0.1) is 0 Å². The van der Waals surface area contributed by atoms with Gasteiger partial charge in [-0.1, -0.05) is 334 Å². The molecule has 4 nitrogen and oxygen atoms in total. The van der Waals surface area contributed by atoms with E-state index in [-0.39, 0.29) is 34.3 Å². The first-order valence-electron chi connectivity index (χ1n) is 40.7. The van der Waals surface area contributed by atoms with E-state index in [9.17, 15) is 0 Å². The quantitative estimate of drug-likeness (QED) is 0.0949. The van der Waals surface area contributed by atoms with Crippen LogP contribution in [-0.4, -0.2) is 6.71 Å². The fraction of sp³-hybridized carbons (Fsp3) is 0.174. The lowest BCUT2D eigenvalue weighted by Gasteiger charge is -2.45. The minimum atomic E-state index is -0.194. The summed E-state index contributed by atoms with van der Waals surface area (Å²) < 4.78 is 0. The van der Waals surface area contributed by atoms with Gasteiger partial charge in [0.25, 0.3) is 6.71 Å². The summed E-state index contributed by atoms with van der Waals surface area (Å²) in [5, 5.41) is 0. The van der Waals surface area contributed by atoms with Crippen molar-refractivity contribution in [3.8, 4) is 66.8 Å². The zero-order chi connectivity index (χ0) is 79.0. The molecule has 0 amide bonds. The molecule has 0 aliphatic carbocycles. The molecule has 560 valence electrons. The average molecular weight is 1480 g/mol. The number of hydrogen-bond acceptors (Lipinski definition) is 4. The molecule has 2 heterocycles. The lowest BCUT2D eigenvalue weighted by molar-refractivity contribution is 0.568. The van der Waals surface area contributed by atoms with E-state index < -0.39 is 0 Å². The van der Waals surface area contributed by atoms with Gasteiger partial charge in [-0.25, -0.2) is 0 Å². The smallest absolute Gasteiger partial charge is 0.252 e. The summed E-state index contributed by atoms with van der Waals surface area (Å²) >= 11 is 0. The van der Waals surface area contributed by atoms with Crippen LogP contribution in [0.25, 0.3) is 66.8 Å². The predicted octanol–water partition coefficient (Wildman–Crippen LogP) is 29.0. The summed E-state index contributed by atoms with van der Waals surface area (Å²) in [6.45, 7) is 32.8. The minimum absolute atomic E-state index is 0.135. The molecule has 0 fully saturated rings. The van der Waals surface area contributed by atoms with Crippen LogP contribution in [0.1, 0.15) is 131 Å². The van der Waals surface area contributed by atoms with Crippen molar-refractivity contribution in [3.63, 3.8) is 0 Å². The number of benzene rings is 15. The van der Waals surface area contributed by atoms with Crippen molar-refractivity contribution in [1.29, 1.82) is 0 Å². The molecule has 17 rings (SSSR count). The van der Waals surface area contributed by atoms with Crippen LogP contribution in [0.3, 0.4) is 0 Å². The molecule has 15 aromatic rings. The SMILES string of the molecule is CC(C)c1cc2c3c(c1)N(c1ccc(-c4ccccc4)cc1-c1ccccc1)c1cc(-c4ccc(N(c5cccc(-c6ccccc6)c5)c5cccc(-c6ccccc6)c5)cc4)ccc1B3c1ccc(N(c3cc(C(C)(C)C)cc(C(C)(C)C)c3)c3cc(C(C)(C)C)cc(C(C)(C)C)c3)cc1N2c1ccc(-c2ccccc2)cc1. The highest BCUT2D eigenvalue weighted by molar-refractivity contribution is 7.00. The molecule has 15 aromatic carbocycles. The summed E-state index contributed by atoms with van der Waals surface area (Å²) in [6.07, 6.45) is 0. The Hall–Kier alpha value is -12.4. The molecule has 0 unspecified atom stereocenters. The van der Waals surface area contributed by atoms with Crippen LogP contribution in [0.15, 0.2) is 352 Å². The number of fused-ring (bicyclic) bond motifs is 4. The molecular formula is C109H101BN4. The normalized spacial score (nSPS) is 12.7. The Bertz CT molecular complexity index is 5820. The third-order valence-electron chi connectivity index (χ3n) is 23.4. The summed E-state index contributed by atoms with van der Waals surface area (Å²) in [5.41, 5.74) is 37.0. The van der Waals surface area contributed by atoms with Gasteiger partial charge < -0.3 is 19.6 Å². The van der Waals surface area contributed by atoms with Gasteiger partial charge in [0.2, 0.25) is 0 Å². The highest BCUT2D eigenvalue weighted by Crippen LogP contribution is 2.52. The first-order valence-corrected chi connectivity index (χ1v) is 40.7. The largest absolute Gasteiger partial charge is 0.311 e. The lowest BCUT2D eigenvalue weighted by atomic mass is 9.33. The highest BCUT2D eigenvalue weighted by Gasteiger charge is 2.45. The zero-order valence-electron chi connectivity index (χ0n) is 68.4. The Labute approximate surface area is 677 Å². The maximum atomic E-state index is 2.65. The molecule has 0 radical (unpaired) electrons. The van der Waals surface area contributed by atoms with Crippen molar-refractivity contribution in [1.82, 2.24) is 0 Å². The lowest BCUT2D eigenvalue weighted by Crippen LogP contribution is -2.61. The van der Waals surface area contributed by atoms with E-state index in [1.165, 1.54) is 83.4 Å². The number of anilines is 12. The van der Waals surface area contributed by atoms with Crippen molar-refractivity contribution in [2.45, 2.75) is 125 Å². The van der Waals surface area contributed by atoms with E-state index in [1.54, 1.807) is 0 Å². The summed E-state index contributed by atoms with van der Waals surface area (Å²) in [5.74, 6) is 0.165. The zero-order valence-corrected chi connectivity index (χ0v) is 68.4. The Morgan fingerprint density at radius 3 is 1.03 bits per heavy atom. The van der Waals surface area contributed by atoms with Gasteiger partial charge in [0, 0.05) is 68.1 Å². The van der Waals surface area contributed by atoms with Crippen LogP contribution in [0.5, 0.6) is 0 Å².